The Balaban J connectivity index is 1.84. The van der Waals surface area contributed by atoms with E-state index in [0.29, 0.717) is 5.82 Å². The van der Waals surface area contributed by atoms with Gasteiger partial charge in [-0.05, 0) is 12.3 Å². The van der Waals surface area contributed by atoms with Gasteiger partial charge in [-0.15, -0.1) is 0 Å². The highest BCUT2D eigenvalue weighted by Gasteiger charge is 2.12. The number of hydrogen-bond donors (Lipinski definition) is 2. The van der Waals surface area contributed by atoms with E-state index in [1.165, 1.54) is 32.1 Å². The number of H-pyrrole nitrogens is 1. The van der Waals surface area contributed by atoms with Gasteiger partial charge in [0.25, 0.3) is 0 Å². The summed E-state index contributed by atoms with van der Waals surface area (Å²) < 4.78 is 0. The maximum atomic E-state index is 11.2. The summed E-state index contributed by atoms with van der Waals surface area (Å²) >= 11 is 0. The molecule has 1 aliphatic carbocycles. The highest BCUT2D eigenvalue weighted by atomic mass is 16.1. The van der Waals surface area contributed by atoms with Crippen molar-refractivity contribution in [1.29, 1.82) is 5.26 Å². The lowest BCUT2D eigenvalue weighted by molar-refractivity contribution is 0.345. The van der Waals surface area contributed by atoms with Crippen molar-refractivity contribution in [1.82, 2.24) is 9.97 Å². The standard InChI is InChI=1S/C13H18N4O/c14-9-11-8-12(17-13(18)16-11)15-7-6-10-4-2-1-3-5-10/h8,10H,1-7H2,(H2,15,16,17,18). The Kier molecular flexibility index (Phi) is 4.35. The molecule has 18 heavy (non-hydrogen) atoms. The molecule has 1 saturated carbocycles. The van der Waals surface area contributed by atoms with Crippen LogP contribution in [0.2, 0.25) is 0 Å². The minimum absolute atomic E-state index is 0.246. The zero-order valence-electron chi connectivity index (χ0n) is 10.4. The Hall–Kier alpha value is -1.83. The zero-order valence-corrected chi connectivity index (χ0v) is 10.4. The van der Waals surface area contributed by atoms with Crippen molar-refractivity contribution in [2.24, 2.45) is 5.92 Å². The van der Waals surface area contributed by atoms with Crippen LogP contribution in [0.25, 0.3) is 0 Å². The summed E-state index contributed by atoms with van der Waals surface area (Å²) in [5, 5.41) is 11.9. The van der Waals surface area contributed by atoms with Gasteiger partial charge >= 0.3 is 5.69 Å². The van der Waals surface area contributed by atoms with Crippen LogP contribution in [-0.4, -0.2) is 16.5 Å². The molecule has 1 aliphatic rings. The van der Waals surface area contributed by atoms with Crippen molar-refractivity contribution in [3.05, 3.63) is 22.2 Å². The first-order chi connectivity index (χ1) is 8.78. The molecular formula is C13H18N4O. The third kappa shape index (κ3) is 3.59. The minimum atomic E-state index is -0.478. The van der Waals surface area contributed by atoms with Crippen LogP contribution in [0.5, 0.6) is 0 Å². The molecule has 0 amide bonds. The fourth-order valence-electron chi connectivity index (χ4n) is 2.49. The molecule has 2 N–H and O–H groups in total. The second kappa shape index (κ2) is 6.20. The van der Waals surface area contributed by atoms with Crippen molar-refractivity contribution >= 4 is 5.82 Å². The van der Waals surface area contributed by atoms with Gasteiger partial charge in [0, 0.05) is 12.6 Å². The van der Waals surface area contributed by atoms with Crippen LogP contribution >= 0.6 is 0 Å². The third-order valence-electron chi connectivity index (χ3n) is 3.45. The highest BCUT2D eigenvalue weighted by Crippen LogP contribution is 2.25. The summed E-state index contributed by atoms with van der Waals surface area (Å²) in [4.78, 5) is 17.3. The first-order valence-electron chi connectivity index (χ1n) is 6.53. The monoisotopic (exact) mass is 246 g/mol. The van der Waals surface area contributed by atoms with Crippen LogP contribution in [0.4, 0.5) is 5.82 Å². The van der Waals surface area contributed by atoms with E-state index in [-0.39, 0.29) is 5.69 Å². The van der Waals surface area contributed by atoms with E-state index in [1.807, 2.05) is 6.07 Å². The Bertz CT molecular complexity index is 482. The molecule has 0 bridgehead atoms. The Morgan fingerprint density at radius 3 is 2.94 bits per heavy atom. The number of aromatic amines is 1. The average Bonchev–Trinajstić information content (AvgIpc) is 2.39. The minimum Gasteiger partial charge on any atom is -0.370 e. The Morgan fingerprint density at radius 1 is 1.44 bits per heavy atom. The molecule has 0 radical (unpaired) electrons. The summed E-state index contributed by atoms with van der Waals surface area (Å²) in [6.07, 6.45) is 7.78. The smallest absolute Gasteiger partial charge is 0.347 e. The number of hydrogen-bond acceptors (Lipinski definition) is 4. The second-order valence-corrected chi connectivity index (χ2v) is 4.82. The fraction of sp³-hybridized carbons (Fsp3) is 0.615. The molecule has 0 aliphatic heterocycles. The van der Waals surface area contributed by atoms with E-state index in [0.717, 1.165) is 18.9 Å². The van der Waals surface area contributed by atoms with E-state index in [1.54, 1.807) is 6.07 Å². The fourth-order valence-corrected chi connectivity index (χ4v) is 2.49. The van der Waals surface area contributed by atoms with E-state index < -0.39 is 5.69 Å². The second-order valence-electron chi connectivity index (χ2n) is 4.82. The summed E-state index contributed by atoms with van der Waals surface area (Å²) in [6, 6.07) is 3.48. The molecule has 0 atom stereocenters. The SMILES string of the molecule is N#Cc1cc(NCCC2CCCCC2)nc(=O)[nH]1. The summed E-state index contributed by atoms with van der Waals surface area (Å²) in [6.45, 7) is 0.811. The van der Waals surface area contributed by atoms with E-state index >= 15 is 0 Å². The molecule has 5 nitrogen and oxygen atoms in total. The molecule has 2 rings (SSSR count). The molecule has 1 fully saturated rings. The maximum absolute atomic E-state index is 11.2. The molecule has 1 aromatic rings. The summed E-state index contributed by atoms with van der Waals surface area (Å²) in [7, 11) is 0. The molecule has 0 saturated heterocycles. The van der Waals surface area contributed by atoms with Gasteiger partial charge in [0.1, 0.15) is 17.6 Å². The highest BCUT2D eigenvalue weighted by molar-refractivity contribution is 5.38. The molecule has 96 valence electrons. The van der Waals surface area contributed by atoms with Crippen molar-refractivity contribution in [2.75, 3.05) is 11.9 Å². The van der Waals surface area contributed by atoms with Crippen molar-refractivity contribution in [3.8, 4) is 6.07 Å². The van der Waals surface area contributed by atoms with Crippen LogP contribution < -0.4 is 11.0 Å². The largest absolute Gasteiger partial charge is 0.370 e. The molecule has 1 aromatic heterocycles. The normalized spacial score (nSPS) is 16.2. The first-order valence-corrected chi connectivity index (χ1v) is 6.53. The number of aromatic nitrogens is 2. The molecule has 0 aromatic carbocycles. The number of anilines is 1. The van der Waals surface area contributed by atoms with Gasteiger partial charge in [-0.1, -0.05) is 32.1 Å². The lowest BCUT2D eigenvalue weighted by Crippen LogP contribution is -2.17. The van der Waals surface area contributed by atoms with Crippen LogP contribution in [-0.2, 0) is 0 Å². The van der Waals surface area contributed by atoms with Crippen LogP contribution in [0.3, 0.4) is 0 Å². The lowest BCUT2D eigenvalue weighted by atomic mass is 9.87. The Labute approximate surface area is 106 Å². The number of nitrogens with zero attached hydrogens (tertiary/aromatic N) is 2. The number of nitriles is 1. The van der Waals surface area contributed by atoms with Crippen molar-refractivity contribution < 1.29 is 0 Å². The third-order valence-corrected chi connectivity index (χ3v) is 3.45. The molecule has 0 unspecified atom stereocenters. The number of nitrogens with one attached hydrogen (secondary N) is 2. The van der Waals surface area contributed by atoms with Crippen LogP contribution in [0, 0.1) is 17.2 Å². The molecule has 0 spiro atoms. The molecular weight excluding hydrogens is 228 g/mol. The van der Waals surface area contributed by atoms with E-state index in [2.05, 4.69) is 15.3 Å². The Morgan fingerprint density at radius 2 is 2.22 bits per heavy atom. The van der Waals surface area contributed by atoms with E-state index in [4.69, 9.17) is 5.26 Å². The van der Waals surface area contributed by atoms with Gasteiger partial charge in [0.15, 0.2) is 0 Å². The van der Waals surface area contributed by atoms with Gasteiger partial charge in [0.05, 0.1) is 0 Å². The van der Waals surface area contributed by atoms with Gasteiger partial charge in [0.2, 0.25) is 0 Å². The molecule has 5 heteroatoms. The lowest BCUT2D eigenvalue weighted by Gasteiger charge is -2.21. The quantitative estimate of drug-likeness (QED) is 0.851. The zero-order chi connectivity index (χ0) is 12.8. The summed E-state index contributed by atoms with van der Waals surface area (Å²) in [5.74, 6) is 1.29. The average molecular weight is 246 g/mol. The first kappa shape index (κ1) is 12.6. The van der Waals surface area contributed by atoms with Crippen LogP contribution in [0.15, 0.2) is 10.9 Å². The predicted molar refractivity (Wildman–Crippen MR) is 69.3 cm³/mol. The van der Waals surface area contributed by atoms with Gasteiger partial charge < -0.3 is 5.32 Å². The van der Waals surface area contributed by atoms with Crippen LogP contribution in [0.1, 0.15) is 44.2 Å². The van der Waals surface area contributed by atoms with Crippen molar-refractivity contribution in [3.63, 3.8) is 0 Å². The van der Waals surface area contributed by atoms with Gasteiger partial charge in [-0.3, -0.25) is 4.98 Å². The predicted octanol–water partition coefficient (Wildman–Crippen LogP) is 2.02. The summed E-state index contributed by atoms with van der Waals surface area (Å²) in [5.41, 5.74) is -0.232. The van der Waals surface area contributed by atoms with Gasteiger partial charge in [-0.2, -0.15) is 10.2 Å². The number of rotatable bonds is 4. The van der Waals surface area contributed by atoms with E-state index in [9.17, 15) is 4.79 Å². The topological polar surface area (TPSA) is 81.6 Å². The molecule has 1 heterocycles. The van der Waals surface area contributed by atoms with Gasteiger partial charge in [-0.25, -0.2) is 4.79 Å². The van der Waals surface area contributed by atoms with Crippen molar-refractivity contribution in [2.45, 2.75) is 38.5 Å². The maximum Gasteiger partial charge on any atom is 0.347 e.